The SMILES string of the molecule is O=C(COc1cccc(I)c1)N[C@H]1CCS(=O)(=O)C1. The van der Waals surface area contributed by atoms with E-state index in [0.717, 1.165) is 3.57 Å². The lowest BCUT2D eigenvalue weighted by Gasteiger charge is -2.11. The third-order valence-electron chi connectivity index (χ3n) is 2.76. The van der Waals surface area contributed by atoms with E-state index in [1.807, 2.05) is 18.2 Å². The van der Waals surface area contributed by atoms with Crippen molar-refractivity contribution in [3.05, 3.63) is 27.8 Å². The van der Waals surface area contributed by atoms with Crippen LogP contribution in [-0.4, -0.2) is 38.5 Å². The van der Waals surface area contributed by atoms with Crippen molar-refractivity contribution in [2.75, 3.05) is 18.1 Å². The zero-order chi connectivity index (χ0) is 13.9. The Balaban J connectivity index is 1.79. The molecule has 0 unspecified atom stereocenters. The lowest BCUT2D eigenvalue weighted by molar-refractivity contribution is -0.123. The maximum absolute atomic E-state index is 11.6. The number of amides is 1. The lowest BCUT2D eigenvalue weighted by atomic mass is 10.2. The van der Waals surface area contributed by atoms with E-state index < -0.39 is 9.84 Å². The molecule has 1 fully saturated rings. The molecule has 0 bridgehead atoms. The number of hydrogen-bond donors (Lipinski definition) is 1. The normalized spacial score (nSPS) is 21.0. The van der Waals surface area contributed by atoms with Gasteiger partial charge in [0.1, 0.15) is 5.75 Å². The van der Waals surface area contributed by atoms with Gasteiger partial charge < -0.3 is 10.1 Å². The Morgan fingerprint density at radius 3 is 2.89 bits per heavy atom. The molecule has 1 atom stereocenters. The molecule has 1 aliphatic heterocycles. The first-order chi connectivity index (χ1) is 8.94. The highest BCUT2D eigenvalue weighted by Crippen LogP contribution is 2.15. The number of ether oxygens (including phenoxy) is 1. The number of hydrogen-bond acceptors (Lipinski definition) is 4. The fourth-order valence-electron chi connectivity index (χ4n) is 1.88. The number of rotatable bonds is 4. The maximum atomic E-state index is 11.6. The van der Waals surface area contributed by atoms with Crippen LogP contribution in [0.25, 0.3) is 0 Å². The van der Waals surface area contributed by atoms with Gasteiger partial charge in [-0.25, -0.2) is 8.42 Å². The molecule has 1 amide bonds. The molecule has 0 aliphatic carbocycles. The second kappa shape index (κ2) is 6.08. The summed E-state index contributed by atoms with van der Waals surface area (Å²) in [6, 6.07) is 7.09. The van der Waals surface area contributed by atoms with E-state index in [0.29, 0.717) is 12.2 Å². The molecular weight excluding hydrogens is 381 g/mol. The third kappa shape index (κ3) is 4.64. The summed E-state index contributed by atoms with van der Waals surface area (Å²) in [6.45, 7) is -0.101. The summed E-state index contributed by atoms with van der Waals surface area (Å²) in [7, 11) is -2.97. The fraction of sp³-hybridized carbons (Fsp3) is 0.417. The summed E-state index contributed by atoms with van der Waals surface area (Å²) >= 11 is 2.16. The topological polar surface area (TPSA) is 72.5 Å². The van der Waals surface area contributed by atoms with E-state index in [1.54, 1.807) is 6.07 Å². The van der Waals surface area contributed by atoms with Crippen LogP contribution in [0, 0.1) is 3.57 Å². The van der Waals surface area contributed by atoms with Crippen LogP contribution in [0.4, 0.5) is 0 Å². The summed E-state index contributed by atoms with van der Waals surface area (Å²) in [5.41, 5.74) is 0. The van der Waals surface area contributed by atoms with Crippen molar-refractivity contribution >= 4 is 38.3 Å². The third-order valence-corrected chi connectivity index (χ3v) is 5.20. The summed E-state index contributed by atoms with van der Waals surface area (Å²) in [5, 5.41) is 2.67. The van der Waals surface area contributed by atoms with Crippen LogP contribution in [-0.2, 0) is 14.6 Å². The smallest absolute Gasteiger partial charge is 0.258 e. The van der Waals surface area contributed by atoms with E-state index >= 15 is 0 Å². The van der Waals surface area contributed by atoms with Gasteiger partial charge in [0.2, 0.25) is 0 Å². The Bertz CT molecular complexity index is 573. The second-order valence-electron chi connectivity index (χ2n) is 4.41. The first kappa shape index (κ1) is 14.6. The van der Waals surface area contributed by atoms with Crippen molar-refractivity contribution in [3.8, 4) is 5.75 Å². The summed E-state index contributed by atoms with van der Waals surface area (Å²) in [4.78, 5) is 11.6. The zero-order valence-corrected chi connectivity index (χ0v) is 13.1. The molecule has 0 spiro atoms. The molecule has 1 aromatic rings. The molecule has 104 valence electrons. The van der Waals surface area contributed by atoms with Crippen molar-refractivity contribution in [2.24, 2.45) is 0 Å². The number of nitrogens with one attached hydrogen (secondary N) is 1. The molecule has 7 heteroatoms. The monoisotopic (exact) mass is 395 g/mol. The quantitative estimate of drug-likeness (QED) is 0.772. The van der Waals surface area contributed by atoms with Crippen LogP contribution in [0.1, 0.15) is 6.42 Å². The van der Waals surface area contributed by atoms with Crippen molar-refractivity contribution in [1.29, 1.82) is 0 Å². The molecule has 5 nitrogen and oxygen atoms in total. The molecule has 0 aromatic heterocycles. The van der Waals surface area contributed by atoms with Crippen LogP contribution in [0.15, 0.2) is 24.3 Å². The number of halogens is 1. The number of carbonyl (C=O) groups is 1. The largest absolute Gasteiger partial charge is 0.484 e. The predicted octanol–water partition coefficient (Wildman–Crippen LogP) is 0.973. The van der Waals surface area contributed by atoms with Gasteiger partial charge in [-0.3, -0.25) is 4.79 Å². The zero-order valence-electron chi connectivity index (χ0n) is 10.1. The minimum Gasteiger partial charge on any atom is -0.484 e. The van der Waals surface area contributed by atoms with E-state index in [1.165, 1.54) is 0 Å². The number of sulfone groups is 1. The predicted molar refractivity (Wildman–Crippen MR) is 79.9 cm³/mol. The van der Waals surface area contributed by atoms with Gasteiger partial charge in [0, 0.05) is 9.61 Å². The molecule has 2 rings (SSSR count). The summed E-state index contributed by atoms with van der Waals surface area (Å²) < 4.78 is 28.9. The van der Waals surface area contributed by atoms with Gasteiger partial charge in [-0.1, -0.05) is 6.07 Å². The van der Waals surface area contributed by atoms with Gasteiger partial charge in [0.05, 0.1) is 11.5 Å². The average molecular weight is 395 g/mol. The van der Waals surface area contributed by atoms with Crippen LogP contribution in [0.3, 0.4) is 0 Å². The molecule has 1 N–H and O–H groups in total. The van der Waals surface area contributed by atoms with Crippen molar-refractivity contribution in [1.82, 2.24) is 5.32 Å². The minimum atomic E-state index is -2.97. The molecule has 1 aromatic carbocycles. The van der Waals surface area contributed by atoms with Crippen LogP contribution in [0.2, 0.25) is 0 Å². The van der Waals surface area contributed by atoms with Crippen LogP contribution < -0.4 is 10.1 Å². The molecular formula is C12H14INO4S. The highest BCUT2D eigenvalue weighted by Gasteiger charge is 2.28. The Hall–Kier alpha value is -0.830. The van der Waals surface area contributed by atoms with Crippen LogP contribution >= 0.6 is 22.6 Å². The second-order valence-corrected chi connectivity index (χ2v) is 7.89. The van der Waals surface area contributed by atoms with Crippen molar-refractivity contribution in [2.45, 2.75) is 12.5 Å². The van der Waals surface area contributed by atoms with Gasteiger partial charge in [0.25, 0.3) is 5.91 Å². The minimum absolute atomic E-state index is 0.0297. The highest BCUT2D eigenvalue weighted by molar-refractivity contribution is 14.1. The maximum Gasteiger partial charge on any atom is 0.258 e. The van der Waals surface area contributed by atoms with Gasteiger partial charge in [-0.2, -0.15) is 0 Å². The van der Waals surface area contributed by atoms with E-state index in [-0.39, 0.29) is 30.1 Å². The number of benzene rings is 1. The molecule has 0 radical (unpaired) electrons. The van der Waals surface area contributed by atoms with Crippen molar-refractivity contribution < 1.29 is 17.9 Å². The molecule has 0 saturated carbocycles. The standard InChI is InChI=1S/C12H14INO4S/c13-9-2-1-3-11(6-9)18-7-12(15)14-10-4-5-19(16,17)8-10/h1-3,6,10H,4-5,7-8H2,(H,14,15)/t10-/m0/s1. The lowest BCUT2D eigenvalue weighted by Crippen LogP contribution is -2.38. The summed E-state index contributed by atoms with van der Waals surface area (Å²) in [6.07, 6.45) is 0.483. The number of carbonyl (C=O) groups excluding carboxylic acids is 1. The van der Waals surface area contributed by atoms with E-state index in [4.69, 9.17) is 4.74 Å². The Morgan fingerprint density at radius 1 is 1.47 bits per heavy atom. The van der Waals surface area contributed by atoms with Crippen LogP contribution in [0.5, 0.6) is 5.75 Å². The van der Waals surface area contributed by atoms with E-state index in [9.17, 15) is 13.2 Å². The van der Waals surface area contributed by atoms with E-state index in [2.05, 4.69) is 27.9 Å². The molecule has 1 saturated heterocycles. The van der Waals surface area contributed by atoms with Gasteiger partial charge in [0.15, 0.2) is 16.4 Å². The highest BCUT2D eigenvalue weighted by atomic mass is 127. The molecule has 1 heterocycles. The first-order valence-corrected chi connectivity index (χ1v) is 8.73. The Morgan fingerprint density at radius 2 is 2.26 bits per heavy atom. The average Bonchev–Trinajstić information content (AvgIpc) is 2.66. The van der Waals surface area contributed by atoms with Gasteiger partial charge >= 0.3 is 0 Å². The van der Waals surface area contributed by atoms with Crippen molar-refractivity contribution in [3.63, 3.8) is 0 Å². The molecule has 19 heavy (non-hydrogen) atoms. The van der Waals surface area contributed by atoms with Gasteiger partial charge in [-0.05, 0) is 47.2 Å². The Labute approximate surface area is 125 Å². The fourth-order valence-corrected chi connectivity index (χ4v) is 4.07. The van der Waals surface area contributed by atoms with Gasteiger partial charge in [-0.15, -0.1) is 0 Å². The molecule has 1 aliphatic rings. The Kier molecular flexibility index (Phi) is 4.67. The first-order valence-electron chi connectivity index (χ1n) is 5.83. The summed E-state index contributed by atoms with van der Waals surface area (Å²) in [5.74, 6) is 0.513.